The summed E-state index contributed by atoms with van der Waals surface area (Å²) >= 11 is 0. The smallest absolute Gasteiger partial charge is 0.165 e. The molecule has 4 heteroatoms. The molecule has 88 valence electrons. The summed E-state index contributed by atoms with van der Waals surface area (Å²) < 4.78 is 10.5. The Morgan fingerprint density at radius 2 is 1.94 bits per heavy atom. The molecule has 1 rings (SSSR count). The number of aldehydes is 1. The molecule has 1 aromatic rings. The van der Waals surface area contributed by atoms with Gasteiger partial charge in [-0.15, -0.1) is 0 Å². The Morgan fingerprint density at radius 3 is 2.38 bits per heavy atom. The van der Waals surface area contributed by atoms with Gasteiger partial charge < -0.3 is 14.4 Å². The zero-order chi connectivity index (χ0) is 12.1. The van der Waals surface area contributed by atoms with Gasteiger partial charge in [-0.05, 0) is 26.2 Å². The number of carbonyl (C=O) groups is 1. The number of rotatable bonds is 5. The van der Waals surface area contributed by atoms with Crippen molar-refractivity contribution in [3.05, 3.63) is 23.3 Å². The molecule has 0 fully saturated rings. The van der Waals surface area contributed by atoms with Crippen LogP contribution in [-0.2, 0) is 6.54 Å². The van der Waals surface area contributed by atoms with E-state index in [4.69, 9.17) is 9.47 Å². The third-order valence-electron chi connectivity index (χ3n) is 2.20. The van der Waals surface area contributed by atoms with Gasteiger partial charge in [0, 0.05) is 17.7 Å². The highest BCUT2D eigenvalue weighted by Crippen LogP contribution is 2.32. The summed E-state index contributed by atoms with van der Waals surface area (Å²) in [7, 11) is 7.07. The largest absolute Gasteiger partial charge is 0.493 e. The molecule has 16 heavy (non-hydrogen) atoms. The maximum Gasteiger partial charge on any atom is 0.165 e. The van der Waals surface area contributed by atoms with Gasteiger partial charge in [0.05, 0.1) is 14.2 Å². The zero-order valence-corrected chi connectivity index (χ0v) is 10.1. The van der Waals surface area contributed by atoms with E-state index in [1.807, 2.05) is 25.1 Å². The summed E-state index contributed by atoms with van der Waals surface area (Å²) in [5, 5.41) is 0. The van der Waals surface area contributed by atoms with E-state index in [1.165, 1.54) is 0 Å². The van der Waals surface area contributed by atoms with E-state index < -0.39 is 0 Å². The lowest BCUT2D eigenvalue weighted by Gasteiger charge is -2.16. The van der Waals surface area contributed by atoms with Gasteiger partial charge in [-0.25, -0.2) is 0 Å². The fourth-order valence-electron chi connectivity index (χ4n) is 1.59. The lowest BCUT2D eigenvalue weighted by atomic mass is 10.1. The minimum absolute atomic E-state index is 0.587. The Balaban J connectivity index is 3.25. The van der Waals surface area contributed by atoms with Gasteiger partial charge in [-0.3, -0.25) is 4.79 Å². The normalized spacial score (nSPS) is 10.3. The second-order valence-electron chi connectivity index (χ2n) is 3.77. The molecule has 0 N–H and O–H groups in total. The average Bonchev–Trinajstić information content (AvgIpc) is 2.27. The molecule has 1 aromatic carbocycles. The van der Waals surface area contributed by atoms with Crippen LogP contribution in [0.3, 0.4) is 0 Å². The summed E-state index contributed by atoms with van der Waals surface area (Å²) in [6.45, 7) is 0.696. The van der Waals surface area contributed by atoms with Crippen LogP contribution in [0.15, 0.2) is 12.1 Å². The number of carbonyl (C=O) groups excluding carboxylic acids is 1. The van der Waals surface area contributed by atoms with Gasteiger partial charge >= 0.3 is 0 Å². The minimum atomic E-state index is 0.587. The average molecular weight is 223 g/mol. The van der Waals surface area contributed by atoms with E-state index in [1.54, 1.807) is 20.3 Å². The van der Waals surface area contributed by atoms with Crippen molar-refractivity contribution in [3.8, 4) is 11.5 Å². The first-order chi connectivity index (χ1) is 7.62. The fraction of sp³-hybridized carbons (Fsp3) is 0.417. The van der Waals surface area contributed by atoms with Crippen LogP contribution in [0, 0.1) is 0 Å². The lowest BCUT2D eigenvalue weighted by Crippen LogP contribution is -2.12. The Labute approximate surface area is 95.8 Å². The van der Waals surface area contributed by atoms with Crippen LogP contribution in [0.1, 0.15) is 15.9 Å². The first-order valence-corrected chi connectivity index (χ1v) is 4.97. The molecule has 0 atom stereocenters. The van der Waals surface area contributed by atoms with Crippen molar-refractivity contribution in [1.29, 1.82) is 0 Å². The number of nitrogens with zero attached hydrogens (tertiary/aromatic N) is 1. The maximum absolute atomic E-state index is 10.8. The van der Waals surface area contributed by atoms with Crippen LogP contribution in [0.5, 0.6) is 11.5 Å². The van der Waals surface area contributed by atoms with Gasteiger partial charge in [-0.1, -0.05) is 0 Å². The maximum atomic E-state index is 10.8. The van der Waals surface area contributed by atoms with Crippen molar-refractivity contribution in [2.24, 2.45) is 0 Å². The summed E-state index contributed by atoms with van der Waals surface area (Å²) in [5.41, 5.74) is 1.53. The number of hydrogen-bond donors (Lipinski definition) is 0. The summed E-state index contributed by atoms with van der Waals surface area (Å²) in [4.78, 5) is 12.8. The van der Waals surface area contributed by atoms with Gasteiger partial charge in [-0.2, -0.15) is 0 Å². The Kier molecular flexibility index (Phi) is 4.31. The molecular formula is C12H17NO3. The molecule has 0 unspecified atom stereocenters. The molecule has 0 aliphatic carbocycles. The molecule has 4 nitrogen and oxygen atoms in total. The highest BCUT2D eigenvalue weighted by molar-refractivity contribution is 5.77. The Bertz CT molecular complexity index is 375. The molecule has 0 aromatic heterocycles. The molecule has 0 bridgehead atoms. The van der Waals surface area contributed by atoms with Gasteiger partial charge in [0.25, 0.3) is 0 Å². The Hall–Kier alpha value is -1.55. The van der Waals surface area contributed by atoms with Crippen molar-refractivity contribution in [1.82, 2.24) is 4.90 Å². The summed E-state index contributed by atoms with van der Waals surface area (Å²) in [6.07, 6.45) is 0.807. The SMILES string of the molecule is COc1cc(C=O)cc(CN(C)C)c1OC. The van der Waals surface area contributed by atoms with E-state index in [-0.39, 0.29) is 0 Å². The van der Waals surface area contributed by atoms with Crippen LogP contribution in [0.2, 0.25) is 0 Å². The van der Waals surface area contributed by atoms with E-state index in [2.05, 4.69) is 0 Å². The first kappa shape index (κ1) is 12.5. The van der Waals surface area contributed by atoms with E-state index in [0.29, 0.717) is 23.6 Å². The highest BCUT2D eigenvalue weighted by atomic mass is 16.5. The zero-order valence-electron chi connectivity index (χ0n) is 10.1. The third kappa shape index (κ3) is 2.73. The molecule has 0 aliphatic rings. The molecule has 0 spiro atoms. The molecule has 0 heterocycles. The van der Waals surface area contributed by atoms with Crippen molar-refractivity contribution in [3.63, 3.8) is 0 Å². The van der Waals surface area contributed by atoms with Gasteiger partial charge in [0.1, 0.15) is 6.29 Å². The van der Waals surface area contributed by atoms with Crippen LogP contribution in [-0.4, -0.2) is 39.5 Å². The van der Waals surface area contributed by atoms with Crippen LogP contribution >= 0.6 is 0 Å². The minimum Gasteiger partial charge on any atom is -0.493 e. The number of methoxy groups -OCH3 is 2. The summed E-state index contributed by atoms with van der Waals surface area (Å²) in [6, 6.07) is 3.49. The van der Waals surface area contributed by atoms with Crippen LogP contribution < -0.4 is 9.47 Å². The predicted octanol–water partition coefficient (Wildman–Crippen LogP) is 1.58. The van der Waals surface area contributed by atoms with Crippen molar-refractivity contribution in [2.75, 3.05) is 28.3 Å². The van der Waals surface area contributed by atoms with Crippen molar-refractivity contribution < 1.29 is 14.3 Å². The number of hydrogen-bond acceptors (Lipinski definition) is 4. The second kappa shape index (κ2) is 5.51. The fourth-order valence-corrected chi connectivity index (χ4v) is 1.59. The molecular weight excluding hydrogens is 206 g/mol. The van der Waals surface area contributed by atoms with Gasteiger partial charge in [0.15, 0.2) is 11.5 Å². The third-order valence-corrected chi connectivity index (χ3v) is 2.20. The van der Waals surface area contributed by atoms with E-state index in [0.717, 1.165) is 11.8 Å². The molecule has 0 saturated heterocycles. The number of ether oxygens (including phenoxy) is 2. The summed E-state index contributed by atoms with van der Waals surface area (Å²) in [5.74, 6) is 1.27. The van der Waals surface area contributed by atoms with E-state index >= 15 is 0 Å². The molecule has 0 radical (unpaired) electrons. The standard InChI is InChI=1S/C12H17NO3/c1-13(2)7-10-5-9(8-14)6-11(15-3)12(10)16-4/h5-6,8H,7H2,1-4H3. The van der Waals surface area contributed by atoms with Gasteiger partial charge in [0.2, 0.25) is 0 Å². The van der Waals surface area contributed by atoms with Crippen LogP contribution in [0.4, 0.5) is 0 Å². The van der Waals surface area contributed by atoms with Crippen molar-refractivity contribution in [2.45, 2.75) is 6.54 Å². The molecule has 0 aliphatic heterocycles. The predicted molar refractivity (Wildman–Crippen MR) is 62.3 cm³/mol. The number of benzene rings is 1. The Morgan fingerprint density at radius 1 is 1.25 bits per heavy atom. The van der Waals surface area contributed by atoms with Crippen LogP contribution in [0.25, 0.3) is 0 Å². The van der Waals surface area contributed by atoms with E-state index in [9.17, 15) is 4.79 Å². The topological polar surface area (TPSA) is 38.8 Å². The highest BCUT2D eigenvalue weighted by Gasteiger charge is 2.12. The first-order valence-electron chi connectivity index (χ1n) is 4.97. The molecule has 0 saturated carbocycles. The quantitative estimate of drug-likeness (QED) is 0.710. The monoisotopic (exact) mass is 223 g/mol. The molecule has 0 amide bonds. The van der Waals surface area contributed by atoms with Crippen molar-refractivity contribution >= 4 is 6.29 Å². The second-order valence-corrected chi connectivity index (χ2v) is 3.77. The lowest BCUT2D eigenvalue weighted by molar-refractivity contribution is 0.112.